The Balaban J connectivity index is 1.50. The van der Waals surface area contributed by atoms with Gasteiger partial charge in [-0.25, -0.2) is 18.4 Å². The predicted octanol–water partition coefficient (Wildman–Crippen LogP) is 2.40. The van der Waals surface area contributed by atoms with Crippen molar-refractivity contribution >= 4 is 15.8 Å². The van der Waals surface area contributed by atoms with Crippen LogP contribution in [0.2, 0.25) is 0 Å². The number of piperazine rings is 1. The van der Waals surface area contributed by atoms with Crippen LogP contribution in [-0.2, 0) is 10.0 Å². The minimum atomic E-state index is -3.49. The summed E-state index contributed by atoms with van der Waals surface area (Å²) >= 11 is 0. The number of aromatic nitrogens is 3. The van der Waals surface area contributed by atoms with Crippen LogP contribution >= 0.6 is 0 Å². The lowest BCUT2D eigenvalue weighted by Crippen LogP contribution is -2.49. The van der Waals surface area contributed by atoms with Crippen LogP contribution in [0.3, 0.4) is 0 Å². The number of nitrogens with zero attached hydrogens (tertiary/aromatic N) is 5. The molecule has 28 heavy (non-hydrogen) atoms. The van der Waals surface area contributed by atoms with Gasteiger partial charge in [0.1, 0.15) is 18.0 Å². The molecule has 3 heterocycles. The van der Waals surface area contributed by atoms with Crippen molar-refractivity contribution in [3.05, 3.63) is 66.2 Å². The summed E-state index contributed by atoms with van der Waals surface area (Å²) in [6.07, 6.45) is 5.41. The fraction of sp³-hybridized carbons (Fsp3) is 0.300. The maximum atomic E-state index is 13.1. The number of sulfonamides is 1. The second kappa shape index (κ2) is 7.37. The van der Waals surface area contributed by atoms with Gasteiger partial charge < -0.3 is 9.47 Å². The van der Waals surface area contributed by atoms with Gasteiger partial charge in [0, 0.05) is 44.6 Å². The second-order valence-corrected chi connectivity index (χ2v) is 8.89. The van der Waals surface area contributed by atoms with Gasteiger partial charge in [-0.15, -0.1) is 0 Å². The van der Waals surface area contributed by atoms with Crippen molar-refractivity contribution in [1.82, 2.24) is 18.8 Å². The average molecular weight is 398 g/mol. The minimum Gasteiger partial charge on any atom is -0.354 e. The van der Waals surface area contributed by atoms with Crippen LogP contribution < -0.4 is 4.90 Å². The van der Waals surface area contributed by atoms with E-state index in [0.29, 0.717) is 31.1 Å². The first-order valence-corrected chi connectivity index (χ1v) is 10.7. The summed E-state index contributed by atoms with van der Waals surface area (Å²) in [4.78, 5) is 11.2. The van der Waals surface area contributed by atoms with E-state index < -0.39 is 10.0 Å². The molecule has 1 fully saturated rings. The molecule has 1 aliphatic heterocycles. The summed E-state index contributed by atoms with van der Waals surface area (Å²) in [7, 11) is -3.49. The van der Waals surface area contributed by atoms with Crippen LogP contribution in [0.4, 0.5) is 5.82 Å². The Bertz CT molecular complexity index is 1070. The standard InChI is InChI=1S/C20H23N5O2S/c1-16-5-6-18(17(2)13-16)28(26,27)25-11-9-24(10-12-25)20-14-19(21-15-22-20)23-7-3-4-8-23/h3-8,13-15H,9-12H2,1-2H3. The Labute approximate surface area is 165 Å². The van der Waals surface area contributed by atoms with E-state index in [1.54, 1.807) is 16.7 Å². The van der Waals surface area contributed by atoms with Crippen LogP contribution in [0.15, 0.2) is 60.0 Å². The summed E-state index contributed by atoms with van der Waals surface area (Å²) < 4.78 is 29.6. The van der Waals surface area contributed by atoms with Crippen molar-refractivity contribution in [2.24, 2.45) is 0 Å². The third-order valence-corrected chi connectivity index (χ3v) is 7.08. The first-order valence-electron chi connectivity index (χ1n) is 9.23. The van der Waals surface area contributed by atoms with Gasteiger partial charge in [-0.3, -0.25) is 0 Å². The van der Waals surface area contributed by atoms with Gasteiger partial charge in [-0.1, -0.05) is 17.7 Å². The highest BCUT2D eigenvalue weighted by atomic mass is 32.2. The highest BCUT2D eigenvalue weighted by molar-refractivity contribution is 7.89. The van der Waals surface area contributed by atoms with Gasteiger partial charge in [0.05, 0.1) is 4.90 Å². The van der Waals surface area contributed by atoms with Crippen molar-refractivity contribution in [1.29, 1.82) is 0 Å². The molecule has 0 unspecified atom stereocenters. The molecule has 0 spiro atoms. The molecule has 3 aromatic rings. The second-order valence-electron chi connectivity index (χ2n) is 6.98. The van der Waals surface area contributed by atoms with E-state index in [1.807, 2.05) is 61.1 Å². The van der Waals surface area contributed by atoms with Crippen LogP contribution in [0, 0.1) is 13.8 Å². The molecule has 146 valence electrons. The largest absolute Gasteiger partial charge is 0.354 e. The number of rotatable bonds is 4. The van der Waals surface area contributed by atoms with Crippen molar-refractivity contribution < 1.29 is 8.42 Å². The van der Waals surface area contributed by atoms with Crippen molar-refractivity contribution in [3.8, 4) is 5.82 Å². The summed E-state index contributed by atoms with van der Waals surface area (Å²) in [5, 5.41) is 0. The van der Waals surface area contributed by atoms with E-state index in [0.717, 1.165) is 22.8 Å². The Hall–Kier alpha value is -2.71. The van der Waals surface area contributed by atoms with Crippen molar-refractivity contribution in [2.75, 3.05) is 31.1 Å². The highest BCUT2D eigenvalue weighted by Crippen LogP contribution is 2.23. The molecular formula is C20H23N5O2S. The molecule has 8 heteroatoms. The first-order chi connectivity index (χ1) is 13.4. The fourth-order valence-corrected chi connectivity index (χ4v) is 5.15. The normalized spacial score (nSPS) is 15.7. The SMILES string of the molecule is Cc1ccc(S(=O)(=O)N2CCN(c3cc(-n4cccc4)ncn3)CC2)c(C)c1. The van der Waals surface area contributed by atoms with Crippen LogP contribution in [0.5, 0.6) is 0 Å². The Morgan fingerprint density at radius 3 is 2.25 bits per heavy atom. The molecule has 7 nitrogen and oxygen atoms in total. The lowest BCUT2D eigenvalue weighted by Gasteiger charge is -2.35. The van der Waals surface area contributed by atoms with Crippen molar-refractivity contribution in [2.45, 2.75) is 18.7 Å². The predicted molar refractivity (Wildman–Crippen MR) is 108 cm³/mol. The number of anilines is 1. The van der Waals surface area contributed by atoms with Crippen LogP contribution in [0.1, 0.15) is 11.1 Å². The van der Waals surface area contributed by atoms with Gasteiger partial charge in [0.2, 0.25) is 10.0 Å². The number of aryl methyl sites for hydroxylation is 2. The molecule has 0 amide bonds. The molecule has 1 aliphatic rings. The molecule has 4 rings (SSSR count). The monoisotopic (exact) mass is 397 g/mol. The molecule has 0 aliphatic carbocycles. The molecular weight excluding hydrogens is 374 g/mol. The molecule has 1 aromatic carbocycles. The van der Waals surface area contributed by atoms with Gasteiger partial charge in [0.15, 0.2) is 0 Å². The third-order valence-electron chi connectivity index (χ3n) is 5.02. The summed E-state index contributed by atoms with van der Waals surface area (Å²) in [5.41, 5.74) is 1.85. The molecule has 0 bridgehead atoms. The lowest BCUT2D eigenvalue weighted by atomic mass is 10.2. The summed E-state index contributed by atoms with van der Waals surface area (Å²) in [5.74, 6) is 1.60. The van der Waals surface area contributed by atoms with Gasteiger partial charge >= 0.3 is 0 Å². The summed E-state index contributed by atoms with van der Waals surface area (Å²) in [6.45, 7) is 5.85. The van der Waals surface area contributed by atoms with Crippen LogP contribution in [0.25, 0.3) is 5.82 Å². The molecule has 1 saturated heterocycles. The topological polar surface area (TPSA) is 71.3 Å². The third kappa shape index (κ3) is 3.53. The molecule has 0 radical (unpaired) electrons. The zero-order valence-corrected chi connectivity index (χ0v) is 16.8. The Morgan fingerprint density at radius 1 is 0.893 bits per heavy atom. The highest BCUT2D eigenvalue weighted by Gasteiger charge is 2.30. The lowest BCUT2D eigenvalue weighted by molar-refractivity contribution is 0.383. The van der Waals surface area contributed by atoms with E-state index in [1.165, 1.54) is 0 Å². The molecule has 0 saturated carbocycles. The molecule has 0 atom stereocenters. The van der Waals surface area contributed by atoms with Crippen molar-refractivity contribution in [3.63, 3.8) is 0 Å². The van der Waals surface area contributed by atoms with E-state index >= 15 is 0 Å². The maximum absolute atomic E-state index is 13.1. The first kappa shape index (κ1) is 18.6. The van der Waals surface area contributed by atoms with Gasteiger partial charge in [-0.2, -0.15) is 4.31 Å². The molecule has 0 N–H and O–H groups in total. The van der Waals surface area contributed by atoms with E-state index in [-0.39, 0.29) is 0 Å². The van der Waals surface area contributed by atoms with Gasteiger partial charge in [0.25, 0.3) is 0 Å². The fourth-order valence-electron chi connectivity index (χ4n) is 3.52. The zero-order valence-electron chi connectivity index (χ0n) is 16.0. The zero-order chi connectivity index (χ0) is 19.7. The number of benzene rings is 1. The molecule has 2 aromatic heterocycles. The quantitative estimate of drug-likeness (QED) is 0.676. The van der Waals surface area contributed by atoms with Crippen LogP contribution in [-0.4, -0.2) is 53.4 Å². The summed E-state index contributed by atoms with van der Waals surface area (Å²) in [6, 6.07) is 11.3. The number of hydrogen-bond acceptors (Lipinski definition) is 5. The minimum absolute atomic E-state index is 0.392. The van der Waals surface area contributed by atoms with E-state index in [9.17, 15) is 8.42 Å². The van der Waals surface area contributed by atoms with Gasteiger partial charge in [-0.05, 0) is 37.6 Å². The smallest absolute Gasteiger partial charge is 0.243 e. The Kier molecular flexibility index (Phi) is 4.91. The van der Waals surface area contributed by atoms with E-state index in [2.05, 4.69) is 14.9 Å². The Morgan fingerprint density at radius 2 is 1.57 bits per heavy atom. The number of hydrogen-bond donors (Lipinski definition) is 0. The van der Waals surface area contributed by atoms with E-state index in [4.69, 9.17) is 0 Å². The maximum Gasteiger partial charge on any atom is 0.243 e. The average Bonchev–Trinajstić information content (AvgIpc) is 3.23.